The van der Waals surface area contributed by atoms with Crippen molar-refractivity contribution in [2.24, 2.45) is 0 Å². The van der Waals surface area contributed by atoms with Crippen LogP contribution in [0.4, 0.5) is 0 Å². The lowest BCUT2D eigenvalue weighted by atomic mass is 10.2. The van der Waals surface area contributed by atoms with Gasteiger partial charge in [-0.1, -0.05) is 35.5 Å². The van der Waals surface area contributed by atoms with Gasteiger partial charge in [0, 0.05) is 17.9 Å². The van der Waals surface area contributed by atoms with Crippen LogP contribution in [0.5, 0.6) is 5.75 Å². The number of thioether (sulfide) groups is 1. The molecule has 3 aromatic rings. The Hall–Kier alpha value is -2.02. The summed E-state index contributed by atoms with van der Waals surface area (Å²) >= 11 is 7.44. The van der Waals surface area contributed by atoms with Gasteiger partial charge in [-0.25, -0.2) is 4.98 Å². The van der Waals surface area contributed by atoms with E-state index in [-0.39, 0.29) is 11.6 Å². The first-order valence-electron chi connectivity index (χ1n) is 9.11. The predicted octanol–water partition coefficient (Wildman–Crippen LogP) is 4.82. The Labute approximate surface area is 173 Å². The highest BCUT2D eigenvalue weighted by Crippen LogP contribution is 2.22. The molecular formula is C21H23ClN2O3S. The Balaban J connectivity index is 1.69. The third-order valence-electron chi connectivity index (χ3n) is 4.23. The SMILES string of the molecule is COCC(C)n1c(SCCCOc2ccc(Cl)cc2)nc2ccccc2c1=O. The van der Waals surface area contributed by atoms with Crippen LogP contribution in [-0.2, 0) is 4.74 Å². The van der Waals surface area contributed by atoms with Crippen LogP contribution in [0.3, 0.4) is 0 Å². The molecule has 1 aromatic heterocycles. The molecule has 0 spiro atoms. The van der Waals surface area contributed by atoms with E-state index in [0.29, 0.717) is 34.3 Å². The molecule has 0 bridgehead atoms. The molecule has 0 N–H and O–H groups in total. The largest absolute Gasteiger partial charge is 0.494 e. The van der Waals surface area contributed by atoms with Crippen LogP contribution in [0.25, 0.3) is 10.9 Å². The van der Waals surface area contributed by atoms with Crippen molar-refractivity contribution >= 4 is 34.3 Å². The maximum atomic E-state index is 13.0. The summed E-state index contributed by atoms with van der Waals surface area (Å²) in [5.74, 6) is 1.58. The third kappa shape index (κ3) is 5.07. The topological polar surface area (TPSA) is 53.4 Å². The number of aromatic nitrogens is 2. The number of fused-ring (bicyclic) bond motifs is 1. The lowest BCUT2D eigenvalue weighted by molar-refractivity contribution is 0.156. The zero-order valence-corrected chi connectivity index (χ0v) is 17.5. The predicted molar refractivity (Wildman–Crippen MR) is 115 cm³/mol. The van der Waals surface area contributed by atoms with Crippen molar-refractivity contribution in [3.05, 3.63) is 63.9 Å². The normalized spacial score (nSPS) is 12.2. The van der Waals surface area contributed by atoms with Crippen molar-refractivity contribution in [1.29, 1.82) is 0 Å². The van der Waals surface area contributed by atoms with Crippen molar-refractivity contribution in [3.63, 3.8) is 0 Å². The molecule has 3 rings (SSSR count). The molecule has 0 aliphatic heterocycles. The minimum atomic E-state index is -0.0950. The monoisotopic (exact) mass is 418 g/mol. The van der Waals surface area contributed by atoms with Gasteiger partial charge in [-0.3, -0.25) is 9.36 Å². The molecule has 28 heavy (non-hydrogen) atoms. The van der Waals surface area contributed by atoms with Gasteiger partial charge in [0.05, 0.1) is 30.2 Å². The Morgan fingerprint density at radius 1 is 1.18 bits per heavy atom. The molecule has 2 aromatic carbocycles. The van der Waals surface area contributed by atoms with Gasteiger partial charge in [0.1, 0.15) is 5.75 Å². The highest BCUT2D eigenvalue weighted by molar-refractivity contribution is 7.99. The van der Waals surface area contributed by atoms with Crippen LogP contribution < -0.4 is 10.3 Å². The molecule has 0 fully saturated rings. The van der Waals surface area contributed by atoms with Crippen molar-refractivity contribution in [3.8, 4) is 5.75 Å². The smallest absolute Gasteiger partial charge is 0.262 e. The summed E-state index contributed by atoms with van der Waals surface area (Å²) in [7, 11) is 1.64. The van der Waals surface area contributed by atoms with Gasteiger partial charge in [0.25, 0.3) is 5.56 Å². The summed E-state index contributed by atoms with van der Waals surface area (Å²) < 4.78 is 12.7. The Morgan fingerprint density at radius 3 is 2.68 bits per heavy atom. The molecule has 1 atom stereocenters. The zero-order chi connectivity index (χ0) is 19.9. The fourth-order valence-corrected chi connectivity index (χ4v) is 4.01. The number of nitrogens with zero attached hydrogens (tertiary/aromatic N) is 2. The summed E-state index contributed by atoms with van der Waals surface area (Å²) in [5, 5.41) is 2.02. The Morgan fingerprint density at radius 2 is 1.93 bits per heavy atom. The second kappa shape index (κ2) is 9.96. The quantitative estimate of drug-likeness (QED) is 0.283. The summed E-state index contributed by atoms with van der Waals surface area (Å²) in [6.07, 6.45) is 0.828. The minimum Gasteiger partial charge on any atom is -0.494 e. The highest BCUT2D eigenvalue weighted by atomic mass is 35.5. The second-order valence-corrected chi connectivity index (χ2v) is 7.89. The number of halogens is 1. The van der Waals surface area contributed by atoms with Crippen LogP contribution in [0.2, 0.25) is 5.02 Å². The molecule has 0 aliphatic rings. The van der Waals surface area contributed by atoms with E-state index in [1.807, 2.05) is 43.3 Å². The molecule has 0 amide bonds. The van der Waals surface area contributed by atoms with E-state index in [9.17, 15) is 4.79 Å². The Bertz CT molecular complexity index is 976. The van der Waals surface area contributed by atoms with Crippen molar-refractivity contribution in [1.82, 2.24) is 9.55 Å². The summed E-state index contributed by atoms with van der Waals surface area (Å²) in [4.78, 5) is 17.7. The number of benzene rings is 2. The molecule has 1 unspecified atom stereocenters. The van der Waals surface area contributed by atoms with Crippen LogP contribution in [0.15, 0.2) is 58.5 Å². The van der Waals surface area contributed by atoms with Crippen molar-refractivity contribution in [2.75, 3.05) is 26.1 Å². The van der Waals surface area contributed by atoms with E-state index < -0.39 is 0 Å². The van der Waals surface area contributed by atoms with Gasteiger partial charge < -0.3 is 9.47 Å². The van der Waals surface area contributed by atoms with Gasteiger partial charge in [-0.2, -0.15) is 0 Å². The van der Waals surface area contributed by atoms with Gasteiger partial charge in [0.15, 0.2) is 5.16 Å². The standard InChI is InChI=1S/C21H23ClN2O3S/c1-15(14-26-2)24-20(25)18-6-3-4-7-19(18)23-21(24)28-13-5-12-27-17-10-8-16(22)9-11-17/h3-4,6-11,15H,5,12-14H2,1-2H3. The summed E-state index contributed by atoms with van der Waals surface area (Å²) in [6.45, 7) is 3.00. The fraction of sp³-hybridized carbons (Fsp3) is 0.333. The van der Waals surface area contributed by atoms with Gasteiger partial charge in [0.2, 0.25) is 0 Å². The highest BCUT2D eigenvalue weighted by Gasteiger charge is 2.16. The van der Waals surface area contributed by atoms with Crippen LogP contribution >= 0.6 is 23.4 Å². The number of hydrogen-bond acceptors (Lipinski definition) is 5. The molecule has 0 radical (unpaired) electrons. The number of para-hydroxylation sites is 1. The van der Waals surface area contributed by atoms with E-state index in [0.717, 1.165) is 17.9 Å². The Kier molecular flexibility index (Phi) is 7.36. The third-order valence-corrected chi connectivity index (χ3v) is 5.52. The number of ether oxygens (including phenoxy) is 2. The minimum absolute atomic E-state index is 0.0323. The molecule has 0 aliphatic carbocycles. The first-order chi connectivity index (χ1) is 13.6. The van der Waals surface area contributed by atoms with Gasteiger partial charge in [-0.05, 0) is 49.7 Å². The van der Waals surface area contributed by atoms with E-state index >= 15 is 0 Å². The lowest BCUT2D eigenvalue weighted by Crippen LogP contribution is -2.28. The summed E-state index contributed by atoms with van der Waals surface area (Å²) in [6, 6.07) is 14.7. The lowest BCUT2D eigenvalue weighted by Gasteiger charge is -2.18. The molecular weight excluding hydrogens is 396 g/mol. The molecule has 0 saturated heterocycles. The number of methoxy groups -OCH3 is 1. The van der Waals surface area contributed by atoms with E-state index in [4.69, 9.17) is 26.1 Å². The number of hydrogen-bond donors (Lipinski definition) is 0. The second-order valence-electron chi connectivity index (χ2n) is 6.40. The summed E-state index contributed by atoms with van der Waals surface area (Å²) in [5.41, 5.74) is 0.684. The van der Waals surface area contributed by atoms with Crippen molar-refractivity contribution in [2.45, 2.75) is 24.5 Å². The average molecular weight is 419 g/mol. The van der Waals surface area contributed by atoms with E-state index in [1.54, 1.807) is 35.6 Å². The molecule has 148 valence electrons. The van der Waals surface area contributed by atoms with Crippen LogP contribution in [-0.4, -0.2) is 35.6 Å². The maximum Gasteiger partial charge on any atom is 0.262 e. The maximum absolute atomic E-state index is 13.0. The van der Waals surface area contributed by atoms with Gasteiger partial charge >= 0.3 is 0 Å². The van der Waals surface area contributed by atoms with Crippen molar-refractivity contribution < 1.29 is 9.47 Å². The number of rotatable bonds is 9. The molecule has 1 heterocycles. The van der Waals surface area contributed by atoms with E-state index in [2.05, 4.69) is 0 Å². The van der Waals surface area contributed by atoms with E-state index in [1.165, 1.54) is 0 Å². The molecule has 0 saturated carbocycles. The van der Waals surface area contributed by atoms with Crippen LogP contribution in [0.1, 0.15) is 19.4 Å². The molecule has 7 heteroatoms. The fourth-order valence-electron chi connectivity index (χ4n) is 2.88. The zero-order valence-electron chi connectivity index (χ0n) is 15.9. The average Bonchev–Trinajstić information content (AvgIpc) is 2.69. The first kappa shape index (κ1) is 20.7. The first-order valence-corrected chi connectivity index (χ1v) is 10.5. The molecule has 5 nitrogen and oxygen atoms in total. The van der Waals surface area contributed by atoms with Gasteiger partial charge in [-0.15, -0.1) is 0 Å². The van der Waals surface area contributed by atoms with Crippen LogP contribution in [0, 0.1) is 0 Å².